The number of hydrogen-bond donors (Lipinski definition) is 1. The second-order valence-corrected chi connectivity index (χ2v) is 5.47. The van der Waals surface area contributed by atoms with Crippen molar-refractivity contribution in [3.63, 3.8) is 0 Å². The first-order valence-corrected chi connectivity index (χ1v) is 8.02. The lowest BCUT2D eigenvalue weighted by Gasteiger charge is -2.31. The SMILES string of the molecule is [C-]#[N+]C([N+]#[C-])=C1C=C(CC)N(CCOS(=O)(=O)O)C(CC)=C1. The Morgan fingerprint density at radius 1 is 1.23 bits per heavy atom. The maximum Gasteiger partial charge on any atom is 0.526 e. The molecule has 118 valence electrons. The molecule has 1 aliphatic rings. The molecule has 1 heterocycles. The van der Waals surface area contributed by atoms with Gasteiger partial charge >= 0.3 is 16.2 Å². The van der Waals surface area contributed by atoms with E-state index < -0.39 is 10.4 Å². The van der Waals surface area contributed by atoms with Gasteiger partial charge in [0.05, 0.1) is 12.2 Å². The third-order valence-electron chi connectivity index (χ3n) is 3.08. The summed E-state index contributed by atoms with van der Waals surface area (Å²) in [5.74, 6) is 0.00531. The van der Waals surface area contributed by atoms with E-state index in [-0.39, 0.29) is 19.0 Å². The fourth-order valence-corrected chi connectivity index (χ4v) is 2.42. The first kappa shape index (κ1) is 17.9. The van der Waals surface area contributed by atoms with Crippen LogP contribution < -0.4 is 0 Å². The summed E-state index contributed by atoms with van der Waals surface area (Å²) in [5.41, 5.74) is 2.28. The summed E-state index contributed by atoms with van der Waals surface area (Å²) in [7, 11) is -4.46. The molecule has 0 amide bonds. The summed E-state index contributed by atoms with van der Waals surface area (Å²) in [4.78, 5) is 8.31. The van der Waals surface area contributed by atoms with Gasteiger partial charge in [-0.2, -0.15) is 18.1 Å². The molecule has 22 heavy (non-hydrogen) atoms. The van der Waals surface area contributed by atoms with Gasteiger partial charge in [0.2, 0.25) is 0 Å². The maximum atomic E-state index is 10.6. The minimum Gasteiger partial charge on any atom is -0.346 e. The average molecular weight is 323 g/mol. The molecule has 8 heteroatoms. The van der Waals surface area contributed by atoms with Crippen molar-refractivity contribution < 1.29 is 17.2 Å². The van der Waals surface area contributed by atoms with E-state index in [0.29, 0.717) is 18.4 Å². The van der Waals surface area contributed by atoms with Crippen molar-refractivity contribution in [1.29, 1.82) is 0 Å². The predicted molar refractivity (Wildman–Crippen MR) is 81.2 cm³/mol. The molecule has 0 spiro atoms. The lowest BCUT2D eigenvalue weighted by molar-refractivity contribution is 0.236. The molecule has 0 aromatic carbocycles. The monoisotopic (exact) mass is 323 g/mol. The number of rotatable bonds is 6. The van der Waals surface area contributed by atoms with Crippen molar-refractivity contribution in [1.82, 2.24) is 4.90 Å². The first-order valence-electron chi connectivity index (χ1n) is 6.66. The molecule has 0 unspecified atom stereocenters. The van der Waals surface area contributed by atoms with Crippen LogP contribution in [0.25, 0.3) is 9.69 Å². The third kappa shape index (κ3) is 4.71. The van der Waals surface area contributed by atoms with Gasteiger partial charge in [-0.25, -0.2) is 4.18 Å². The Bertz CT molecular complexity index is 665. The molecular weight excluding hydrogens is 306 g/mol. The van der Waals surface area contributed by atoms with Crippen LogP contribution in [0.4, 0.5) is 0 Å². The minimum atomic E-state index is -4.46. The standard InChI is InChI=1S/C14H17N3O4S/c1-5-12-9-11(14(15-3)16-4)10-13(6-2)17(12)7-8-21-22(18,19)20/h9-10H,5-8H2,1-2H3,(H,18,19,20). The number of hydrogen-bond acceptors (Lipinski definition) is 4. The Morgan fingerprint density at radius 2 is 1.73 bits per heavy atom. The van der Waals surface area contributed by atoms with Gasteiger partial charge in [-0.05, 0) is 25.0 Å². The molecule has 0 aliphatic carbocycles. The molecule has 1 rings (SSSR count). The molecule has 1 N–H and O–H groups in total. The van der Waals surface area contributed by atoms with Crippen LogP contribution in [0.3, 0.4) is 0 Å². The van der Waals surface area contributed by atoms with Crippen LogP contribution in [0, 0.1) is 13.1 Å². The first-order chi connectivity index (χ1) is 10.4. The molecule has 0 bridgehead atoms. The van der Waals surface area contributed by atoms with Gasteiger partial charge in [0.25, 0.3) is 0 Å². The van der Waals surface area contributed by atoms with Crippen LogP contribution in [-0.4, -0.2) is 31.0 Å². The smallest absolute Gasteiger partial charge is 0.346 e. The third-order valence-corrected chi connectivity index (χ3v) is 3.54. The van der Waals surface area contributed by atoms with Crippen molar-refractivity contribution in [2.45, 2.75) is 26.7 Å². The van der Waals surface area contributed by atoms with Crippen molar-refractivity contribution >= 4 is 10.4 Å². The average Bonchev–Trinajstić information content (AvgIpc) is 2.47. The zero-order valence-corrected chi connectivity index (χ0v) is 13.2. The zero-order valence-electron chi connectivity index (χ0n) is 12.4. The second-order valence-electron chi connectivity index (χ2n) is 4.38. The van der Waals surface area contributed by atoms with Gasteiger partial charge in [-0.1, -0.05) is 13.8 Å². The molecule has 0 atom stereocenters. The Labute approximate surface area is 130 Å². The van der Waals surface area contributed by atoms with E-state index in [1.807, 2.05) is 18.7 Å². The lowest BCUT2D eigenvalue weighted by atomic mass is 10.0. The molecule has 0 saturated heterocycles. The van der Waals surface area contributed by atoms with Crippen LogP contribution in [-0.2, 0) is 14.6 Å². The molecule has 0 radical (unpaired) electrons. The highest BCUT2D eigenvalue weighted by molar-refractivity contribution is 7.80. The van der Waals surface area contributed by atoms with Gasteiger partial charge in [-0.15, -0.1) is 0 Å². The van der Waals surface area contributed by atoms with Gasteiger partial charge < -0.3 is 4.90 Å². The highest BCUT2D eigenvalue weighted by Crippen LogP contribution is 2.29. The number of allylic oxidation sites excluding steroid dienone is 5. The zero-order chi connectivity index (χ0) is 16.8. The van der Waals surface area contributed by atoms with Gasteiger partial charge in [0.15, 0.2) is 0 Å². The molecule has 1 aliphatic heterocycles. The van der Waals surface area contributed by atoms with Crippen molar-refractivity contribution in [3.8, 4) is 0 Å². The van der Waals surface area contributed by atoms with E-state index >= 15 is 0 Å². The Kier molecular flexibility index (Phi) is 6.32. The van der Waals surface area contributed by atoms with Crippen LogP contribution in [0.2, 0.25) is 0 Å². The van der Waals surface area contributed by atoms with Gasteiger partial charge in [0.1, 0.15) is 13.1 Å². The summed E-state index contributed by atoms with van der Waals surface area (Å²) < 4.78 is 34.2. The van der Waals surface area contributed by atoms with Crippen LogP contribution in [0.1, 0.15) is 26.7 Å². The second kappa shape index (κ2) is 7.76. The van der Waals surface area contributed by atoms with E-state index in [4.69, 9.17) is 17.7 Å². The molecule has 0 aromatic heterocycles. The predicted octanol–water partition coefficient (Wildman–Crippen LogP) is 2.76. The van der Waals surface area contributed by atoms with Crippen LogP contribution in [0.15, 0.2) is 34.9 Å². The molecular formula is C14H17N3O4S. The van der Waals surface area contributed by atoms with E-state index in [0.717, 1.165) is 11.4 Å². The highest BCUT2D eigenvalue weighted by atomic mass is 32.3. The Morgan fingerprint density at radius 3 is 2.09 bits per heavy atom. The Hall–Kier alpha value is -2.13. The van der Waals surface area contributed by atoms with E-state index in [9.17, 15) is 8.42 Å². The largest absolute Gasteiger partial charge is 0.526 e. The van der Waals surface area contributed by atoms with E-state index in [1.54, 1.807) is 12.2 Å². The fourth-order valence-electron chi connectivity index (χ4n) is 2.13. The summed E-state index contributed by atoms with van der Waals surface area (Å²) in [6.45, 7) is 18.0. The van der Waals surface area contributed by atoms with Gasteiger partial charge in [0, 0.05) is 17.9 Å². The van der Waals surface area contributed by atoms with Gasteiger partial charge in [-0.3, -0.25) is 4.55 Å². The maximum absolute atomic E-state index is 10.6. The molecule has 0 saturated carbocycles. The summed E-state index contributed by atoms with van der Waals surface area (Å²) in [6, 6.07) is 0. The van der Waals surface area contributed by atoms with Crippen molar-refractivity contribution in [2.24, 2.45) is 0 Å². The summed E-state index contributed by atoms with van der Waals surface area (Å²) >= 11 is 0. The fraction of sp³-hybridized carbons (Fsp3) is 0.429. The van der Waals surface area contributed by atoms with Crippen molar-refractivity contribution in [2.75, 3.05) is 13.2 Å². The molecule has 7 nitrogen and oxygen atoms in total. The minimum absolute atomic E-state index is 0.00531. The quantitative estimate of drug-likeness (QED) is 0.601. The van der Waals surface area contributed by atoms with E-state index in [2.05, 4.69) is 13.9 Å². The molecule has 0 fully saturated rings. The van der Waals surface area contributed by atoms with Crippen LogP contribution >= 0.6 is 0 Å². The normalized spacial score (nSPS) is 14.8. The van der Waals surface area contributed by atoms with E-state index in [1.165, 1.54) is 0 Å². The topological polar surface area (TPSA) is 75.6 Å². The molecule has 0 aromatic rings. The summed E-state index contributed by atoms with van der Waals surface area (Å²) in [5, 5.41) is 0. The van der Waals surface area contributed by atoms with Crippen LogP contribution in [0.5, 0.6) is 0 Å². The highest BCUT2D eigenvalue weighted by Gasteiger charge is 2.22. The van der Waals surface area contributed by atoms with Crippen molar-refractivity contribution in [3.05, 3.63) is 57.8 Å². The summed E-state index contributed by atoms with van der Waals surface area (Å²) in [6.07, 6.45) is 4.79. The number of nitrogens with zero attached hydrogens (tertiary/aromatic N) is 3. The lowest BCUT2D eigenvalue weighted by Crippen LogP contribution is -2.29. The Balaban J connectivity index is 3.08.